The fraction of sp³-hybridized carbons (Fsp3) is 0.286. The van der Waals surface area contributed by atoms with Crippen molar-refractivity contribution in [3.8, 4) is 5.75 Å². The molecule has 0 radical (unpaired) electrons. The normalized spacial score (nSPS) is 15.5. The Balaban J connectivity index is 1.74. The maximum Gasteiger partial charge on any atom is 0.322 e. The summed E-state index contributed by atoms with van der Waals surface area (Å²) >= 11 is 0. The molecule has 1 aliphatic rings. The van der Waals surface area contributed by atoms with Gasteiger partial charge < -0.3 is 14.9 Å². The van der Waals surface area contributed by atoms with Gasteiger partial charge in [-0.2, -0.15) is 4.72 Å². The Bertz CT molecular complexity index is 1220. The molecule has 0 heterocycles. The number of aliphatic carboxylic acids is 2. The number of non-ortho nitro benzene ring substituents is 1. The standard InChI is InChI=1S/C21H20N2O10S/c24-18(25)12-17(19(26)27)22-34(31,32)16-8-6-15(7-9-16)33-20(28)21(10-1-11-21)13-2-4-14(5-3-13)23(29)30/h2-9,17,22H,1,10-12H2,(H,24,25)(H,26,27). The predicted octanol–water partition coefficient (Wildman–Crippen LogP) is 1.83. The van der Waals surface area contributed by atoms with E-state index in [1.807, 2.05) is 4.72 Å². The lowest BCUT2D eigenvalue weighted by atomic mass is 9.64. The number of rotatable bonds is 10. The quantitative estimate of drug-likeness (QED) is 0.191. The topological polar surface area (TPSA) is 190 Å². The van der Waals surface area contributed by atoms with Gasteiger partial charge in [0.25, 0.3) is 5.69 Å². The molecule has 0 aromatic heterocycles. The van der Waals surface area contributed by atoms with Gasteiger partial charge in [-0.05, 0) is 42.7 Å². The molecular formula is C21H20N2O10S. The molecular weight excluding hydrogens is 472 g/mol. The Morgan fingerprint density at radius 1 is 1.06 bits per heavy atom. The number of carbonyl (C=O) groups is 3. The van der Waals surface area contributed by atoms with E-state index in [1.54, 1.807) is 0 Å². The lowest BCUT2D eigenvalue weighted by Gasteiger charge is -2.39. The second kappa shape index (κ2) is 9.57. The van der Waals surface area contributed by atoms with Crippen LogP contribution in [0.4, 0.5) is 5.69 Å². The van der Waals surface area contributed by atoms with Crippen molar-refractivity contribution < 1.29 is 42.7 Å². The minimum atomic E-state index is -4.36. The molecule has 1 atom stereocenters. The van der Waals surface area contributed by atoms with E-state index < -0.39 is 50.7 Å². The number of ether oxygens (including phenoxy) is 1. The first-order valence-corrected chi connectivity index (χ1v) is 11.5. The van der Waals surface area contributed by atoms with E-state index in [2.05, 4.69) is 0 Å². The molecule has 180 valence electrons. The molecule has 12 nitrogen and oxygen atoms in total. The zero-order chi connectivity index (χ0) is 25.1. The van der Waals surface area contributed by atoms with Crippen LogP contribution in [0.5, 0.6) is 5.75 Å². The predicted molar refractivity (Wildman–Crippen MR) is 115 cm³/mol. The van der Waals surface area contributed by atoms with Gasteiger partial charge in [-0.25, -0.2) is 8.42 Å². The third kappa shape index (κ3) is 5.21. The SMILES string of the molecule is O=C(O)CC(NS(=O)(=O)c1ccc(OC(=O)C2(c3ccc([N+](=O)[O-])cc3)CCC2)cc1)C(=O)O. The summed E-state index contributed by atoms with van der Waals surface area (Å²) in [6.45, 7) is 0. The average Bonchev–Trinajstić information content (AvgIpc) is 2.72. The van der Waals surface area contributed by atoms with E-state index in [0.717, 1.165) is 18.6 Å². The number of esters is 1. The Kier molecular flexibility index (Phi) is 6.98. The molecule has 1 fully saturated rings. The van der Waals surface area contributed by atoms with Crippen LogP contribution >= 0.6 is 0 Å². The monoisotopic (exact) mass is 492 g/mol. The van der Waals surface area contributed by atoms with Crippen molar-refractivity contribution in [1.29, 1.82) is 0 Å². The molecule has 1 saturated carbocycles. The van der Waals surface area contributed by atoms with E-state index in [4.69, 9.17) is 14.9 Å². The highest BCUT2D eigenvalue weighted by atomic mass is 32.2. The number of benzene rings is 2. The Labute approximate surface area is 193 Å². The summed E-state index contributed by atoms with van der Waals surface area (Å²) in [6.07, 6.45) is 0.783. The van der Waals surface area contributed by atoms with Gasteiger partial charge in [-0.15, -0.1) is 0 Å². The van der Waals surface area contributed by atoms with Crippen molar-refractivity contribution >= 4 is 33.6 Å². The van der Waals surface area contributed by atoms with Gasteiger partial charge in [0.15, 0.2) is 0 Å². The van der Waals surface area contributed by atoms with Crippen molar-refractivity contribution in [3.05, 3.63) is 64.2 Å². The highest BCUT2D eigenvalue weighted by Gasteiger charge is 2.47. The molecule has 34 heavy (non-hydrogen) atoms. The van der Waals surface area contributed by atoms with Crippen LogP contribution in [0.3, 0.4) is 0 Å². The second-order valence-electron chi connectivity index (χ2n) is 7.71. The average molecular weight is 492 g/mol. The number of nitro groups is 1. The number of hydrogen-bond donors (Lipinski definition) is 3. The highest BCUT2D eigenvalue weighted by molar-refractivity contribution is 7.89. The number of carboxylic acids is 2. The van der Waals surface area contributed by atoms with Gasteiger partial charge in [0.05, 0.1) is 21.7 Å². The molecule has 3 rings (SSSR count). The fourth-order valence-corrected chi connectivity index (χ4v) is 4.73. The summed E-state index contributed by atoms with van der Waals surface area (Å²) in [6, 6.07) is 8.37. The van der Waals surface area contributed by atoms with Crippen LogP contribution in [0.1, 0.15) is 31.2 Å². The van der Waals surface area contributed by atoms with Gasteiger partial charge in [-0.3, -0.25) is 24.5 Å². The smallest absolute Gasteiger partial charge is 0.322 e. The third-order valence-corrected chi connectivity index (χ3v) is 7.03. The summed E-state index contributed by atoms with van der Waals surface area (Å²) < 4.78 is 32.1. The van der Waals surface area contributed by atoms with Crippen LogP contribution in [-0.4, -0.2) is 47.5 Å². The van der Waals surface area contributed by atoms with E-state index in [0.29, 0.717) is 18.4 Å². The van der Waals surface area contributed by atoms with Gasteiger partial charge in [0, 0.05) is 12.1 Å². The highest BCUT2D eigenvalue weighted by Crippen LogP contribution is 2.45. The van der Waals surface area contributed by atoms with Crippen LogP contribution < -0.4 is 9.46 Å². The van der Waals surface area contributed by atoms with Gasteiger partial charge in [0.1, 0.15) is 11.8 Å². The Morgan fingerprint density at radius 2 is 1.65 bits per heavy atom. The summed E-state index contributed by atoms with van der Waals surface area (Å²) in [7, 11) is -4.36. The summed E-state index contributed by atoms with van der Waals surface area (Å²) in [5, 5.41) is 28.7. The minimum absolute atomic E-state index is 0.0393. The zero-order valence-corrected chi connectivity index (χ0v) is 18.4. The third-order valence-electron chi connectivity index (χ3n) is 5.55. The number of nitrogens with one attached hydrogen (secondary N) is 1. The van der Waals surface area contributed by atoms with E-state index >= 15 is 0 Å². The van der Waals surface area contributed by atoms with Crippen LogP contribution in [0.15, 0.2) is 53.4 Å². The largest absolute Gasteiger partial charge is 0.481 e. The number of sulfonamides is 1. The molecule has 2 aromatic rings. The van der Waals surface area contributed by atoms with Crippen LogP contribution in [0, 0.1) is 10.1 Å². The molecule has 1 unspecified atom stereocenters. The molecule has 3 N–H and O–H groups in total. The van der Waals surface area contributed by atoms with Crippen LogP contribution in [0.2, 0.25) is 0 Å². The summed E-state index contributed by atoms with van der Waals surface area (Å²) in [5.74, 6) is -3.69. The number of carbonyl (C=O) groups excluding carboxylic acids is 1. The maximum atomic E-state index is 12.9. The van der Waals surface area contributed by atoms with Crippen molar-refractivity contribution in [3.63, 3.8) is 0 Å². The maximum absolute atomic E-state index is 12.9. The minimum Gasteiger partial charge on any atom is -0.481 e. The van der Waals surface area contributed by atoms with Crippen molar-refractivity contribution in [1.82, 2.24) is 4.72 Å². The number of carboxylic acid groups (broad SMARTS) is 2. The van der Waals surface area contributed by atoms with Gasteiger partial charge in [0.2, 0.25) is 10.0 Å². The lowest BCUT2D eigenvalue weighted by molar-refractivity contribution is -0.384. The Hall–Kier alpha value is -3.84. The molecule has 13 heteroatoms. The lowest BCUT2D eigenvalue weighted by Crippen LogP contribution is -2.45. The molecule has 2 aromatic carbocycles. The Morgan fingerprint density at radius 3 is 2.09 bits per heavy atom. The van der Waals surface area contributed by atoms with Crippen molar-refractivity contribution in [2.45, 2.75) is 42.0 Å². The van der Waals surface area contributed by atoms with Crippen LogP contribution in [-0.2, 0) is 29.8 Å². The zero-order valence-electron chi connectivity index (χ0n) is 17.5. The molecule has 0 aliphatic heterocycles. The summed E-state index contributed by atoms with van der Waals surface area (Å²) in [4.78, 5) is 44.8. The number of nitro benzene ring substituents is 1. The first-order valence-electron chi connectivity index (χ1n) is 9.99. The van der Waals surface area contributed by atoms with Gasteiger partial charge in [-0.1, -0.05) is 18.6 Å². The molecule has 0 amide bonds. The molecule has 0 bridgehead atoms. The molecule has 0 spiro atoms. The summed E-state index contributed by atoms with van der Waals surface area (Å²) in [5.41, 5.74) is -0.492. The first-order chi connectivity index (χ1) is 15.9. The fourth-order valence-electron chi connectivity index (χ4n) is 3.54. The second-order valence-corrected chi connectivity index (χ2v) is 9.42. The van der Waals surface area contributed by atoms with Crippen LogP contribution in [0.25, 0.3) is 0 Å². The number of hydrogen-bond acceptors (Lipinski definition) is 8. The van der Waals surface area contributed by atoms with Crippen molar-refractivity contribution in [2.24, 2.45) is 0 Å². The van der Waals surface area contributed by atoms with Gasteiger partial charge >= 0.3 is 17.9 Å². The van der Waals surface area contributed by atoms with Crippen molar-refractivity contribution in [2.75, 3.05) is 0 Å². The first kappa shape index (κ1) is 24.8. The van der Waals surface area contributed by atoms with E-state index in [1.165, 1.54) is 36.4 Å². The van der Waals surface area contributed by atoms with E-state index in [-0.39, 0.29) is 16.3 Å². The molecule has 1 aliphatic carbocycles. The number of nitrogens with zero attached hydrogens (tertiary/aromatic N) is 1. The molecule has 0 saturated heterocycles. The van der Waals surface area contributed by atoms with E-state index in [9.17, 15) is 32.9 Å².